The van der Waals surface area contributed by atoms with Crippen LogP contribution in [0, 0.1) is 17.8 Å². The third-order valence-corrected chi connectivity index (χ3v) is 4.00. The Hall–Kier alpha value is -0.570. The quantitative estimate of drug-likeness (QED) is 0.681. The van der Waals surface area contributed by atoms with Crippen molar-refractivity contribution in [1.29, 1.82) is 0 Å². The van der Waals surface area contributed by atoms with Crippen molar-refractivity contribution in [1.82, 2.24) is 10.6 Å². The Morgan fingerprint density at radius 1 is 1.06 bits per heavy atom. The van der Waals surface area contributed by atoms with Crippen LogP contribution in [0.4, 0.5) is 0 Å². The van der Waals surface area contributed by atoms with Crippen molar-refractivity contribution in [2.24, 2.45) is 17.8 Å². The minimum Gasteiger partial charge on any atom is -0.352 e. The zero-order chi connectivity index (χ0) is 11.0. The van der Waals surface area contributed by atoms with E-state index in [-0.39, 0.29) is 5.91 Å². The molecule has 3 saturated carbocycles. The van der Waals surface area contributed by atoms with Crippen LogP contribution in [0.1, 0.15) is 38.5 Å². The largest absolute Gasteiger partial charge is 0.352 e. The molecule has 3 rings (SSSR count). The molecule has 90 valence electrons. The molecule has 3 fully saturated rings. The molecule has 2 N–H and O–H groups in total. The van der Waals surface area contributed by atoms with E-state index in [2.05, 4.69) is 10.6 Å². The number of carbonyl (C=O) groups is 1. The standard InChI is InChI=1S/C13H22N2O/c16-12(8-14-7-9-1-2-9)15-13(10-3-4-10)11-5-6-11/h9-11,13-14H,1-8H2,(H,15,16). The third-order valence-electron chi connectivity index (χ3n) is 4.00. The average molecular weight is 222 g/mol. The Bertz CT molecular complexity index is 255. The molecule has 0 aromatic rings. The molecule has 0 unspecified atom stereocenters. The summed E-state index contributed by atoms with van der Waals surface area (Å²) in [7, 11) is 0. The maximum Gasteiger partial charge on any atom is 0.234 e. The first-order valence-corrected chi connectivity index (χ1v) is 6.83. The number of rotatable bonds is 7. The summed E-state index contributed by atoms with van der Waals surface area (Å²) in [5.74, 6) is 2.68. The van der Waals surface area contributed by atoms with Crippen LogP contribution in [-0.2, 0) is 4.79 Å². The van der Waals surface area contributed by atoms with Crippen LogP contribution in [0.2, 0.25) is 0 Å². The van der Waals surface area contributed by atoms with Gasteiger partial charge in [-0.2, -0.15) is 0 Å². The minimum absolute atomic E-state index is 0.212. The van der Waals surface area contributed by atoms with E-state index in [0.717, 1.165) is 24.3 Å². The lowest BCUT2D eigenvalue weighted by molar-refractivity contribution is -0.121. The second-order valence-electron chi connectivity index (χ2n) is 5.84. The van der Waals surface area contributed by atoms with E-state index in [0.29, 0.717) is 12.6 Å². The lowest BCUT2D eigenvalue weighted by Crippen LogP contribution is -2.43. The molecule has 0 aromatic carbocycles. The molecule has 0 bridgehead atoms. The van der Waals surface area contributed by atoms with Gasteiger partial charge in [-0.3, -0.25) is 4.79 Å². The van der Waals surface area contributed by atoms with Gasteiger partial charge < -0.3 is 10.6 Å². The molecule has 0 aromatic heterocycles. The van der Waals surface area contributed by atoms with Gasteiger partial charge in [0.15, 0.2) is 0 Å². The second-order valence-corrected chi connectivity index (χ2v) is 5.84. The normalized spacial score (nSPS) is 24.8. The van der Waals surface area contributed by atoms with Crippen LogP contribution in [0.15, 0.2) is 0 Å². The molecule has 0 radical (unpaired) electrons. The fourth-order valence-electron chi connectivity index (χ4n) is 2.48. The molecule has 3 heteroatoms. The van der Waals surface area contributed by atoms with Crippen LogP contribution in [0.25, 0.3) is 0 Å². The second kappa shape index (κ2) is 4.36. The van der Waals surface area contributed by atoms with E-state index < -0.39 is 0 Å². The van der Waals surface area contributed by atoms with Crippen LogP contribution in [-0.4, -0.2) is 25.0 Å². The highest BCUT2D eigenvalue weighted by molar-refractivity contribution is 5.78. The van der Waals surface area contributed by atoms with Crippen molar-refractivity contribution in [2.75, 3.05) is 13.1 Å². The fourth-order valence-corrected chi connectivity index (χ4v) is 2.48. The molecule has 1 amide bonds. The molecule has 3 aliphatic carbocycles. The average Bonchev–Trinajstić information content (AvgIpc) is 3.15. The number of amides is 1. The van der Waals surface area contributed by atoms with Gasteiger partial charge >= 0.3 is 0 Å². The van der Waals surface area contributed by atoms with Crippen LogP contribution >= 0.6 is 0 Å². The highest BCUT2D eigenvalue weighted by Gasteiger charge is 2.42. The summed E-state index contributed by atoms with van der Waals surface area (Å²) in [6.07, 6.45) is 8.02. The lowest BCUT2D eigenvalue weighted by atomic mass is 10.1. The van der Waals surface area contributed by atoms with Gasteiger partial charge in [-0.05, 0) is 62.8 Å². The molecular weight excluding hydrogens is 200 g/mol. The molecule has 0 saturated heterocycles. The number of hydrogen-bond donors (Lipinski definition) is 2. The Balaban J connectivity index is 1.36. The van der Waals surface area contributed by atoms with Gasteiger partial charge in [0, 0.05) is 6.04 Å². The van der Waals surface area contributed by atoms with Crippen molar-refractivity contribution in [3.8, 4) is 0 Å². The summed E-state index contributed by atoms with van der Waals surface area (Å²) >= 11 is 0. The summed E-state index contributed by atoms with van der Waals surface area (Å²) in [4.78, 5) is 11.7. The minimum atomic E-state index is 0.212. The van der Waals surface area contributed by atoms with Gasteiger partial charge in [0.1, 0.15) is 0 Å². The predicted molar refractivity (Wildman–Crippen MR) is 63.0 cm³/mol. The Morgan fingerprint density at radius 3 is 2.19 bits per heavy atom. The Labute approximate surface area is 97.4 Å². The first-order chi connectivity index (χ1) is 7.83. The van der Waals surface area contributed by atoms with Gasteiger partial charge in [0.2, 0.25) is 5.91 Å². The summed E-state index contributed by atoms with van der Waals surface area (Å²) in [5.41, 5.74) is 0. The van der Waals surface area contributed by atoms with Crippen molar-refractivity contribution in [2.45, 2.75) is 44.6 Å². The van der Waals surface area contributed by atoms with Crippen molar-refractivity contribution in [3.05, 3.63) is 0 Å². The maximum absolute atomic E-state index is 11.7. The van der Waals surface area contributed by atoms with Gasteiger partial charge in [-0.1, -0.05) is 0 Å². The maximum atomic E-state index is 11.7. The number of hydrogen-bond acceptors (Lipinski definition) is 2. The van der Waals surface area contributed by atoms with Crippen LogP contribution < -0.4 is 10.6 Å². The third kappa shape index (κ3) is 2.97. The van der Waals surface area contributed by atoms with E-state index in [1.54, 1.807) is 0 Å². The zero-order valence-corrected chi connectivity index (χ0v) is 9.87. The summed E-state index contributed by atoms with van der Waals surface area (Å²) in [6.45, 7) is 1.55. The zero-order valence-electron chi connectivity index (χ0n) is 9.87. The molecular formula is C13H22N2O. The highest BCUT2D eigenvalue weighted by atomic mass is 16.2. The summed E-state index contributed by atoms with van der Waals surface area (Å²) in [6, 6.07) is 0.509. The van der Waals surface area contributed by atoms with E-state index in [9.17, 15) is 4.79 Å². The topological polar surface area (TPSA) is 41.1 Å². The van der Waals surface area contributed by atoms with Crippen LogP contribution in [0.5, 0.6) is 0 Å². The molecule has 16 heavy (non-hydrogen) atoms. The first-order valence-electron chi connectivity index (χ1n) is 6.83. The molecule has 0 aliphatic heterocycles. The van der Waals surface area contributed by atoms with Gasteiger partial charge in [0.05, 0.1) is 6.54 Å². The van der Waals surface area contributed by atoms with Gasteiger partial charge in [-0.15, -0.1) is 0 Å². The SMILES string of the molecule is O=C(CNCC1CC1)NC(C1CC1)C1CC1. The molecule has 3 aliphatic rings. The van der Waals surface area contributed by atoms with E-state index >= 15 is 0 Å². The first kappa shape index (κ1) is 10.6. The van der Waals surface area contributed by atoms with Crippen molar-refractivity contribution < 1.29 is 4.79 Å². The lowest BCUT2D eigenvalue weighted by Gasteiger charge is -2.17. The molecule has 0 heterocycles. The molecule has 3 nitrogen and oxygen atoms in total. The van der Waals surface area contributed by atoms with Crippen LogP contribution in [0.3, 0.4) is 0 Å². The smallest absolute Gasteiger partial charge is 0.234 e. The van der Waals surface area contributed by atoms with Gasteiger partial charge in [0.25, 0.3) is 0 Å². The van der Waals surface area contributed by atoms with E-state index in [4.69, 9.17) is 0 Å². The van der Waals surface area contributed by atoms with Crippen molar-refractivity contribution >= 4 is 5.91 Å². The monoisotopic (exact) mass is 222 g/mol. The predicted octanol–water partition coefficient (Wildman–Crippen LogP) is 1.29. The molecule has 0 spiro atoms. The van der Waals surface area contributed by atoms with E-state index in [1.807, 2.05) is 0 Å². The Morgan fingerprint density at radius 2 is 1.69 bits per heavy atom. The number of nitrogens with one attached hydrogen (secondary N) is 2. The van der Waals surface area contributed by atoms with E-state index in [1.165, 1.54) is 38.5 Å². The van der Waals surface area contributed by atoms with Crippen molar-refractivity contribution in [3.63, 3.8) is 0 Å². The number of carbonyl (C=O) groups excluding carboxylic acids is 1. The summed E-state index contributed by atoms with van der Waals surface area (Å²) < 4.78 is 0. The van der Waals surface area contributed by atoms with Gasteiger partial charge in [-0.25, -0.2) is 0 Å². The highest BCUT2D eigenvalue weighted by Crippen LogP contribution is 2.44. The fraction of sp³-hybridized carbons (Fsp3) is 0.923. The molecule has 0 atom stereocenters. The summed E-state index contributed by atoms with van der Waals surface area (Å²) in [5, 5.41) is 6.49. The Kier molecular flexibility index (Phi) is 2.88.